The molecule has 0 atom stereocenters. The predicted molar refractivity (Wildman–Crippen MR) is 123 cm³/mol. The molecule has 0 saturated carbocycles. The summed E-state index contributed by atoms with van der Waals surface area (Å²) in [7, 11) is -2.13. The Morgan fingerprint density at radius 3 is 2.29 bits per heavy atom. The first-order valence-electron chi connectivity index (χ1n) is 11.2. The van der Waals surface area contributed by atoms with Crippen molar-refractivity contribution in [3.63, 3.8) is 0 Å². The molecule has 178 valence electrons. The highest BCUT2D eigenvalue weighted by Gasteiger charge is 2.34. The minimum absolute atomic E-state index is 0.194. The van der Waals surface area contributed by atoms with E-state index in [1.165, 1.54) is 35.7 Å². The lowest BCUT2D eigenvalue weighted by Gasteiger charge is -2.33. The van der Waals surface area contributed by atoms with E-state index in [1.807, 2.05) is 0 Å². The van der Waals surface area contributed by atoms with Crippen LogP contribution in [0.4, 0.5) is 4.39 Å². The van der Waals surface area contributed by atoms with E-state index in [4.69, 9.17) is 4.74 Å². The van der Waals surface area contributed by atoms with Gasteiger partial charge in [-0.2, -0.15) is 9.40 Å². The SMILES string of the molecule is COc1ccc(S(=O)(=O)N2CCN(C(=O)c3nn(-c4ccc(F)cc4)c4c3CCC4)CC2)cc1. The van der Waals surface area contributed by atoms with Gasteiger partial charge < -0.3 is 9.64 Å². The van der Waals surface area contributed by atoms with E-state index < -0.39 is 10.0 Å². The molecule has 0 radical (unpaired) electrons. The van der Waals surface area contributed by atoms with Crippen molar-refractivity contribution in [3.05, 3.63) is 71.3 Å². The molecule has 1 amide bonds. The lowest BCUT2D eigenvalue weighted by molar-refractivity contribution is 0.0690. The number of nitrogens with zero attached hydrogens (tertiary/aromatic N) is 4. The summed E-state index contributed by atoms with van der Waals surface area (Å²) in [4.78, 5) is 15.2. The second-order valence-electron chi connectivity index (χ2n) is 8.39. The Hall–Kier alpha value is -3.24. The first-order valence-corrected chi connectivity index (χ1v) is 12.6. The number of ether oxygens (including phenoxy) is 1. The summed E-state index contributed by atoms with van der Waals surface area (Å²) in [6, 6.07) is 12.3. The van der Waals surface area contributed by atoms with Crippen LogP contribution in [-0.4, -0.2) is 66.6 Å². The van der Waals surface area contributed by atoms with E-state index in [0.717, 1.165) is 30.5 Å². The predicted octanol–water partition coefficient (Wildman–Crippen LogP) is 2.66. The number of sulfonamides is 1. The van der Waals surface area contributed by atoms with E-state index >= 15 is 0 Å². The molecule has 1 aliphatic carbocycles. The molecular weight excluding hydrogens is 459 g/mol. The van der Waals surface area contributed by atoms with Gasteiger partial charge in [-0.1, -0.05) is 0 Å². The molecule has 2 aromatic carbocycles. The second kappa shape index (κ2) is 8.84. The lowest BCUT2D eigenvalue weighted by Crippen LogP contribution is -2.50. The molecule has 0 unspecified atom stereocenters. The van der Waals surface area contributed by atoms with Gasteiger partial charge in [-0.3, -0.25) is 4.79 Å². The molecule has 1 aliphatic heterocycles. The Morgan fingerprint density at radius 1 is 0.971 bits per heavy atom. The van der Waals surface area contributed by atoms with E-state index in [0.29, 0.717) is 17.1 Å². The van der Waals surface area contributed by atoms with Crippen LogP contribution < -0.4 is 4.74 Å². The molecule has 0 spiro atoms. The van der Waals surface area contributed by atoms with Crippen molar-refractivity contribution >= 4 is 15.9 Å². The maximum atomic E-state index is 13.4. The number of fused-ring (bicyclic) bond motifs is 1. The Bertz CT molecular complexity index is 1310. The minimum atomic E-state index is -3.66. The third-order valence-corrected chi connectivity index (χ3v) is 8.34. The number of benzene rings is 2. The average Bonchev–Trinajstić information content (AvgIpc) is 3.47. The fourth-order valence-corrected chi connectivity index (χ4v) is 6.01. The minimum Gasteiger partial charge on any atom is -0.497 e. The van der Waals surface area contributed by atoms with E-state index in [-0.39, 0.29) is 42.8 Å². The normalized spacial score (nSPS) is 16.5. The molecule has 1 aromatic heterocycles. The molecule has 0 N–H and O–H groups in total. The molecule has 5 rings (SSSR count). The van der Waals surface area contributed by atoms with Crippen LogP contribution in [0, 0.1) is 5.82 Å². The second-order valence-corrected chi connectivity index (χ2v) is 10.3. The highest BCUT2D eigenvalue weighted by molar-refractivity contribution is 7.89. The van der Waals surface area contributed by atoms with Crippen LogP contribution in [0.2, 0.25) is 0 Å². The van der Waals surface area contributed by atoms with Gasteiger partial charge in [0.1, 0.15) is 11.6 Å². The zero-order valence-electron chi connectivity index (χ0n) is 18.8. The number of amides is 1. The molecule has 1 saturated heterocycles. The van der Waals surface area contributed by atoms with Gasteiger partial charge in [0, 0.05) is 37.4 Å². The highest BCUT2D eigenvalue weighted by Crippen LogP contribution is 2.29. The number of methoxy groups -OCH3 is 1. The molecular formula is C24H25FN4O4S. The Balaban J connectivity index is 1.32. The van der Waals surface area contributed by atoms with Gasteiger partial charge in [-0.25, -0.2) is 17.5 Å². The monoisotopic (exact) mass is 484 g/mol. The Labute approximate surface area is 197 Å². The molecule has 34 heavy (non-hydrogen) atoms. The summed E-state index contributed by atoms with van der Waals surface area (Å²) in [5.74, 6) is 0.0637. The largest absolute Gasteiger partial charge is 0.497 e. The number of aromatic nitrogens is 2. The third-order valence-electron chi connectivity index (χ3n) is 6.43. The molecule has 0 bridgehead atoms. The number of carbonyl (C=O) groups excluding carboxylic acids is 1. The lowest BCUT2D eigenvalue weighted by atomic mass is 10.1. The zero-order valence-corrected chi connectivity index (χ0v) is 19.6. The third kappa shape index (κ3) is 3.97. The van der Waals surface area contributed by atoms with Crippen molar-refractivity contribution in [1.82, 2.24) is 19.0 Å². The number of rotatable bonds is 5. The van der Waals surface area contributed by atoms with Gasteiger partial charge in [0.05, 0.1) is 17.7 Å². The van der Waals surface area contributed by atoms with Crippen molar-refractivity contribution in [2.45, 2.75) is 24.2 Å². The number of piperazine rings is 1. The van der Waals surface area contributed by atoms with Crippen molar-refractivity contribution in [1.29, 1.82) is 0 Å². The first kappa shape index (κ1) is 22.5. The van der Waals surface area contributed by atoms with E-state index in [2.05, 4.69) is 5.10 Å². The van der Waals surface area contributed by atoms with Crippen molar-refractivity contribution in [3.8, 4) is 11.4 Å². The first-order chi connectivity index (χ1) is 16.4. The maximum absolute atomic E-state index is 13.4. The molecule has 8 nitrogen and oxygen atoms in total. The van der Waals surface area contributed by atoms with Crippen LogP contribution in [0.1, 0.15) is 28.2 Å². The molecule has 1 fully saturated rings. The molecule has 2 heterocycles. The number of carbonyl (C=O) groups is 1. The van der Waals surface area contributed by atoms with E-state index in [1.54, 1.807) is 33.8 Å². The quantitative estimate of drug-likeness (QED) is 0.556. The van der Waals surface area contributed by atoms with Crippen LogP contribution in [-0.2, 0) is 22.9 Å². The number of halogens is 1. The number of hydrogen-bond acceptors (Lipinski definition) is 5. The van der Waals surface area contributed by atoms with Crippen molar-refractivity contribution in [2.24, 2.45) is 0 Å². The van der Waals surface area contributed by atoms with Gasteiger partial charge in [0.2, 0.25) is 10.0 Å². The molecule has 10 heteroatoms. The van der Waals surface area contributed by atoms with Crippen LogP contribution in [0.15, 0.2) is 53.4 Å². The zero-order chi connectivity index (χ0) is 23.9. The van der Waals surface area contributed by atoms with E-state index in [9.17, 15) is 17.6 Å². The summed E-state index contributed by atoms with van der Waals surface area (Å²) >= 11 is 0. The Morgan fingerprint density at radius 2 is 1.65 bits per heavy atom. The van der Waals surface area contributed by atoms with Crippen LogP contribution in [0.25, 0.3) is 5.69 Å². The fraction of sp³-hybridized carbons (Fsp3) is 0.333. The van der Waals surface area contributed by atoms with Crippen molar-refractivity contribution < 1.29 is 22.3 Å². The average molecular weight is 485 g/mol. The number of hydrogen-bond donors (Lipinski definition) is 0. The standard InChI is InChI=1S/C24H25FN4O4S/c1-33-19-9-11-20(12-10-19)34(31,32)28-15-13-27(14-16-28)24(30)23-21-3-2-4-22(21)29(26-23)18-7-5-17(25)6-8-18/h5-12H,2-4,13-16H2,1H3. The van der Waals surface area contributed by atoms with Gasteiger partial charge in [-0.05, 0) is 67.8 Å². The van der Waals surface area contributed by atoms with Crippen molar-refractivity contribution in [2.75, 3.05) is 33.3 Å². The molecule has 3 aromatic rings. The summed E-state index contributed by atoms with van der Waals surface area (Å²) < 4.78 is 47.6. The van der Waals surface area contributed by atoms with Crippen LogP contribution in [0.3, 0.4) is 0 Å². The summed E-state index contributed by atoms with van der Waals surface area (Å²) in [5, 5.41) is 4.60. The van der Waals surface area contributed by atoms with Gasteiger partial charge in [0.25, 0.3) is 5.91 Å². The van der Waals surface area contributed by atoms with Gasteiger partial charge in [0.15, 0.2) is 5.69 Å². The highest BCUT2D eigenvalue weighted by atomic mass is 32.2. The Kier molecular flexibility index (Phi) is 5.86. The summed E-state index contributed by atoms with van der Waals surface area (Å²) in [5.41, 5.74) is 3.04. The maximum Gasteiger partial charge on any atom is 0.274 e. The van der Waals surface area contributed by atoms with Gasteiger partial charge in [-0.15, -0.1) is 0 Å². The smallest absolute Gasteiger partial charge is 0.274 e. The topological polar surface area (TPSA) is 84.7 Å². The molecule has 2 aliphatic rings. The van der Waals surface area contributed by atoms with Crippen LogP contribution >= 0.6 is 0 Å². The van der Waals surface area contributed by atoms with Gasteiger partial charge >= 0.3 is 0 Å². The van der Waals surface area contributed by atoms with Crippen LogP contribution in [0.5, 0.6) is 5.75 Å². The summed E-state index contributed by atoms with van der Waals surface area (Å²) in [6.45, 7) is 0.987. The summed E-state index contributed by atoms with van der Waals surface area (Å²) in [6.07, 6.45) is 2.51. The fourth-order valence-electron chi connectivity index (χ4n) is 4.58.